The monoisotopic (exact) mass is 304 g/mol. The molecule has 0 saturated carbocycles. The number of aromatic nitrogens is 1. The molecule has 22 heavy (non-hydrogen) atoms. The second kappa shape index (κ2) is 7.51. The number of carbonyl (C=O) groups excluding carboxylic acids is 1. The quantitative estimate of drug-likeness (QED) is 0.825. The van der Waals surface area contributed by atoms with Crippen LogP contribution >= 0.6 is 0 Å². The summed E-state index contributed by atoms with van der Waals surface area (Å²) < 4.78 is 14.1. The number of hydrogen-bond acceptors (Lipinski definition) is 3. The van der Waals surface area contributed by atoms with E-state index < -0.39 is 6.10 Å². The Hall–Kier alpha value is -2.47. The van der Waals surface area contributed by atoms with Crippen molar-refractivity contribution in [1.29, 1.82) is 0 Å². The minimum absolute atomic E-state index is 0.0430. The summed E-state index contributed by atoms with van der Waals surface area (Å²) in [6.07, 6.45) is 0.821. The average molecular weight is 304 g/mol. The fourth-order valence-electron chi connectivity index (χ4n) is 1.98. The first-order valence-corrected chi connectivity index (χ1v) is 6.89. The maximum Gasteiger partial charge on any atom is 0.250 e. The number of rotatable bonds is 6. The van der Waals surface area contributed by atoms with Crippen molar-refractivity contribution in [2.45, 2.75) is 19.1 Å². The van der Waals surface area contributed by atoms with E-state index in [0.717, 1.165) is 0 Å². The van der Waals surface area contributed by atoms with E-state index in [4.69, 9.17) is 0 Å². The molecule has 6 heteroatoms. The molecule has 5 nitrogen and oxygen atoms in total. The zero-order valence-electron chi connectivity index (χ0n) is 11.9. The van der Waals surface area contributed by atoms with Gasteiger partial charge in [-0.3, -0.25) is 9.59 Å². The molecule has 116 valence electrons. The van der Waals surface area contributed by atoms with Crippen LogP contribution in [0.5, 0.6) is 0 Å². The topological polar surface area (TPSA) is 71.3 Å². The number of pyridine rings is 1. The van der Waals surface area contributed by atoms with Gasteiger partial charge in [0.25, 0.3) is 5.56 Å². The smallest absolute Gasteiger partial charge is 0.250 e. The number of nitrogens with zero attached hydrogens (tertiary/aromatic N) is 1. The van der Waals surface area contributed by atoms with Crippen LogP contribution in [0, 0.1) is 5.82 Å². The van der Waals surface area contributed by atoms with E-state index in [1.165, 1.54) is 34.9 Å². The molecule has 0 saturated heterocycles. The molecule has 0 fully saturated rings. The van der Waals surface area contributed by atoms with Crippen molar-refractivity contribution in [1.82, 2.24) is 9.88 Å². The van der Waals surface area contributed by atoms with Crippen LogP contribution in [-0.4, -0.2) is 28.2 Å². The molecule has 0 aliphatic rings. The number of amides is 1. The molecule has 2 rings (SSSR count). The summed E-state index contributed by atoms with van der Waals surface area (Å²) in [5, 5.41) is 12.4. The summed E-state index contributed by atoms with van der Waals surface area (Å²) in [5.74, 6) is -0.626. The van der Waals surface area contributed by atoms with Crippen LogP contribution in [0.1, 0.15) is 5.56 Å². The number of halogens is 1. The Labute approximate surface area is 127 Å². The van der Waals surface area contributed by atoms with Gasteiger partial charge in [0.05, 0.1) is 19.1 Å². The highest BCUT2D eigenvalue weighted by molar-refractivity contribution is 5.78. The van der Waals surface area contributed by atoms with Crippen LogP contribution in [0.4, 0.5) is 4.39 Å². The Morgan fingerprint density at radius 3 is 2.64 bits per heavy atom. The molecule has 0 radical (unpaired) electrons. The lowest BCUT2D eigenvalue weighted by Crippen LogP contribution is -2.37. The first kappa shape index (κ1) is 15.9. The molecule has 1 aromatic heterocycles. The first-order chi connectivity index (χ1) is 10.5. The van der Waals surface area contributed by atoms with Gasteiger partial charge in [-0.2, -0.15) is 0 Å². The van der Waals surface area contributed by atoms with E-state index in [2.05, 4.69) is 5.32 Å². The summed E-state index contributed by atoms with van der Waals surface area (Å²) in [4.78, 5) is 23.2. The van der Waals surface area contributed by atoms with E-state index >= 15 is 0 Å². The number of carbonyl (C=O) groups is 1. The molecular weight excluding hydrogens is 287 g/mol. The molecular formula is C16H17FN2O3. The number of nitrogens with one attached hydrogen (secondary N) is 1. The Morgan fingerprint density at radius 1 is 1.23 bits per heavy atom. The van der Waals surface area contributed by atoms with Gasteiger partial charge in [0.1, 0.15) is 5.82 Å². The molecule has 1 unspecified atom stereocenters. The Bertz CT molecular complexity index is 682. The average Bonchev–Trinajstić information content (AvgIpc) is 2.50. The molecule has 1 atom stereocenters. The SMILES string of the molecule is O=C(Cc1ccc(F)cc1)NCC(O)Cn1ccccc1=O. The number of benzene rings is 1. The van der Waals surface area contributed by atoms with Gasteiger partial charge in [0, 0.05) is 18.8 Å². The van der Waals surface area contributed by atoms with Gasteiger partial charge in [-0.15, -0.1) is 0 Å². The first-order valence-electron chi connectivity index (χ1n) is 6.89. The van der Waals surface area contributed by atoms with Crippen molar-refractivity contribution in [2.24, 2.45) is 0 Å². The van der Waals surface area contributed by atoms with Crippen LogP contribution < -0.4 is 10.9 Å². The number of hydrogen-bond donors (Lipinski definition) is 2. The van der Waals surface area contributed by atoms with E-state index in [9.17, 15) is 19.1 Å². The highest BCUT2D eigenvalue weighted by Crippen LogP contribution is 2.03. The molecule has 1 amide bonds. The van der Waals surface area contributed by atoms with Crippen molar-refractivity contribution in [3.05, 3.63) is 70.4 Å². The van der Waals surface area contributed by atoms with Gasteiger partial charge < -0.3 is 15.0 Å². The van der Waals surface area contributed by atoms with E-state index in [1.54, 1.807) is 18.3 Å². The summed E-state index contributed by atoms with van der Waals surface area (Å²) in [6, 6.07) is 10.4. The van der Waals surface area contributed by atoms with Gasteiger partial charge in [-0.1, -0.05) is 18.2 Å². The van der Waals surface area contributed by atoms with Crippen LogP contribution in [0.15, 0.2) is 53.5 Å². The van der Waals surface area contributed by atoms with Crippen molar-refractivity contribution < 1.29 is 14.3 Å². The summed E-state index contributed by atoms with van der Waals surface area (Å²) in [5.41, 5.74) is 0.479. The maximum atomic E-state index is 12.8. The largest absolute Gasteiger partial charge is 0.389 e. The minimum Gasteiger partial charge on any atom is -0.389 e. The highest BCUT2D eigenvalue weighted by Gasteiger charge is 2.09. The molecule has 0 aliphatic heterocycles. The fourth-order valence-corrected chi connectivity index (χ4v) is 1.98. The Morgan fingerprint density at radius 2 is 1.95 bits per heavy atom. The molecule has 1 heterocycles. The predicted molar refractivity (Wildman–Crippen MR) is 79.8 cm³/mol. The normalized spacial score (nSPS) is 11.9. The molecule has 1 aromatic carbocycles. The molecule has 0 spiro atoms. The third-order valence-corrected chi connectivity index (χ3v) is 3.12. The Kier molecular flexibility index (Phi) is 5.43. The van der Waals surface area contributed by atoms with Crippen LogP contribution in [0.2, 0.25) is 0 Å². The van der Waals surface area contributed by atoms with Crippen molar-refractivity contribution >= 4 is 5.91 Å². The van der Waals surface area contributed by atoms with Gasteiger partial charge in [0.2, 0.25) is 5.91 Å². The number of aliphatic hydroxyl groups excluding tert-OH is 1. The summed E-state index contributed by atoms with van der Waals surface area (Å²) in [7, 11) is 0. The second-order valence-corrected chi connectivity index (χ2v) is 4.95. The molecule has 2 N–H and O–H groups in total. The molecule has 2 aromatic rings. The van der Waals surface area contributed by atoms with E-state index in [-0.39, 0.29) is 36.8 Å². The third kappa shape index (κ3) is 4.82. The van der Waals surface area contributed by atoms with Crippen molar-refractivity contribution in [3.63, 3.8) is 0 Å². The highest BCUT2D eigenvalue weighted by atomic mass is 19.1. The Balaban J connectivity index is 1.79. The molecule has 0 bridgehead atoms. The van der Waals surface area contributed by atoms with Gasteiger partial charge in [0.15, 0.2) is 0 Å². The zero-order valence-corrected chi connectivity index (χ0v) is 11.9. The lowest BCUT2D eigenvalue weighted by Gasteiger charge is -2.13. The minimum atomic E-state index is -0.864. The van der Waals surface area contributed by atoms with Gasteiger partial charge >= 0.3 is 0 Å². The standard InChI is InChI=1S/C16H17FN2O3/c17-13-6-4-12(5-7-13)9-15(21)18-10-14(20)11-19-8-2-1-3-16(19)22/h1-8,14,20H,9-11H2,(H,18,21). The third-order valence-electron chi connectivity index (χ3n) is 3.12. The van der Waals surface area contributed by atoms with E-state index in [1.807, 2.05) is 0 Å². The zero-order chi connectivity index (χ0) is 15.9. The van der Waals surface area contributed by atoms with Crippen LogP contribution in [0.25, 0.3) is 0 Å². The van der Waals surface area contributed by atoms with Crippen molar-refractivity contribution in [3.8, 4) is 0 Å². The van der Waals surface area contributed by atoms with Crippen molar-refractivity contribution in [2.75, 3.05) is 6.54 Å². The number of aliphatic hydroxyl groups is 1. The second-order valence-electron chi connectivity index (χ2n) is 4.95. The van der Waals surface area contributed by atoms with Crippen LogP contribution in [-0.2, 0) is 17.8 Å². The lowest BCUT2D eigenvalue weighted by molar-refractivity contribution is -0.120. The predicted octanol–water partition coefficient (Wildman–Crippen LogP) is 0.707. The van der Waals surface area contributed by atoms with Crippen LogP contribution in [0.3, 0.4) is 0 Å². The summed E-state index contributed by atoms with van der Waals surface area (Å²) >= 11 is 0. The van der Waals surface area contributed by atoms with Gasteiger partial charge in [-0.05, 0) is 23.8 Å². The fraction of sp³-hybridized carbons (Fsp3) is 0.250. The molecule has 0 aliphatic carbocycles. The lowest BCUT2D eigenvalue weighted by atomic mass is 10.1. The van der Waals surface area contributed by atoms with E-state index in [0.29, 0.717) is 5.56 Å². The summed E-state index contributed by atoms with van der Waals surface area (Å²) in [6.45, 7) is 0.151. The van der Waals surface area contributed by atoms with Gasteiger partial charge in [-0.25, -0.2) is 4.39 Å². The maximum absolute atomic E-state index is 12.8.